The van der Waals surface area contributed by atoms with Crippen LogP contribution in [0, 0.1) is 5.92 Å². The third-order valence-corrected chi connectivity index (χ3v) is 5.30. The van der Waals surface area contributed by atoms with Gasteiger partial charge in [-0.05, 0) is 30.5 Å². The molecule has 5 heteroatoms. The van der Waals surface area contributed by atoms with Crippen LogP contribution in [-0.2, 0) is 16.1 Å². The molecule has 2 fully saturated rings. The Morgan fingerprint density at radius 3 is 2.76 bits per heavy atom. The van der Waals surface area contributed by atoms with Crippen molar-refractivity contribution in [1.29, 1.82) is 0 Å². The number of carbonyl (C=O) groups is 2. The van der Waals surface area contributed by atoms with Gasteiger partial charge in [0.1, 0.15) is 0 Å². The molecule has 0 spiro atoms. The summed E-state index contributed by atoms with van der Waals surface area (Å²) >= 11 is 0. The van der Waals surface area contributed by atoms with Crippen LogP contribution in [0.4, 0.5) is 0 Å². The second kappa shape index (κ2) is 6.75. The molecule has 4 rings (SSSR count). The summed E-state index contributed by atoms with van der Waals surface area (Å²) in [5, 5.41) is 0. The Labute approximate surface area is 147 Å². The van der Waals surface area contributed by atoms with Crippen LogP contribution in [-0.4, -0.2) is 39.7 Å². The second-order valence-electron chi connectivity index (χ2n) is 6.98. The lowest BCUT2D eigenvalue weighted by atomic mass is 10.1. The molecule has 3 heterocycles. The molecule has 1 aromatic heterocycles. The van der Waals surface area contributed by atoms with E-state index in [1.54, 1.807) is 0 Å². The van der Waals surface area contributed by atoms with Crippen LogP contribution in [0.2, 0.25) is 0 Å². The van der Waals surface area contributed by atoms with Crippen LogP contribution >= 0.6 is 0 Å². The Kier molecular flexibility index (Phi) is 4.30. The van der Waals surface area contributed by atoms with Crippen molar-refractivity contribution in [2.45, 2.75) is 31.8 Å². The van der Waals surface area contributed by atoms with Crippen LogP contribution in [0.3, 0.4) is 0 Å². The SMILES string of the molecule is O=C1C[C@@H](C(=O)N2CCC[C@@H]2c2ccc[nH]2)CN1Cc1ccccc1. The normalized spacial score (nSPS) is 23.4. The number of amides is 2. The molecule has 2 aromatic rings. The van der Waals surface area contributed by atoms with Gasteiger partial charge in [0.05, 0.1) is 12.0 Å². The predicted molar refractivity (Wildman–Crippen MR) is 94.4 cm³/mol. The van der Waals surface area contributed by atoms with E-state index in [1.165, 1.54) is 0 Å². The van der Waals surface area contributed by atoms with Gasteiger partial charge in [0, 0.05) is 37.9 Å². The molecule has 1 aromatic carbocycles. The number of likely N-dealkylation sites (tertiary alicyclic amines) is 2. The Bertz CT molecular complexity index is 742. The van der Waals surface area contributed by atoms with Crippen molar-refractivity contribution in [2.75, 3.05) is 13.1 Å². The molecule has 25 heavy (non-hydrogen) atoms. The van der Waals surface area contributed by atoms with Gasteiger partial charge in [-0.1, -0.05) is 30.3 Å². The van der Waals surface area contributed by atoms with Crippen molar-refractivity contribution in [3.8, 4) is 0 Å². The summed E-state index contributed by atoms with van der Waals surface area (Å²) in [6, 6.07) is 14.1. The second-order valence-corrected chi connectivity index (χ2v) is 6.98. The molecule has 1 N–H and O–H groups in total. The van der Waals surface area contributed by atoms with Crippen LogP contribution < -0.4 is 0 Å². The first-order valence-electron chi connectivity index (χ1n) is 8.98. The number of rotatable bonds is 4. The average molecular weight is 337 g/mol. The molecule has 0 radical (unpaired) electrons. The van der Waals surface area contributed by atoms with Gasteiger partial charge in [-0.15, -0.1) is 0 Å². The quantitative estimate of drug-likeness (QED) is 0.933. The molecular formula is C20H23N3O2. The van der Waals surface area contributed by atoms with Crippen LogP contribution in [0.15, 0.2) is 48.7 Å². The molecule has 2 aliphatic rings. The van der Waals surface area contributed by atoms with Crippen molar-refractivity contribution in [3.63, 3.8) is 0 Å². The molecule has 0 saturated carbocycles. The largest absolute Gasteiger partial charge is 0.363 e. The number of carbonyl (C=O) groups excluding carboxylic acids is 2. The lowest BCUT2D eigenvalue weighted by molar-refractivity contribution is -0.136. The topological polar surface area (TPSA) is 56.4 Å². The van der Waals surface area contributed by atoms with Crippen molar-refractivity contribution in [2.24, 2.45) is 5.92 Å². The number of aromatic nitrogens is 1. The number of nitrogens with one attached hydrogen (secondary N) is 1. The van der Waals surface area contributed by atoms with Gasteiger partial charge in [-0.3, -0.25) is 9.59 Å². The fourth-order valence-electron chi connectivity index (χ4n) is 4.03. The molecule has 2 atom stereocenters. The number of benzene rings is 1. The molecule has 130 valence electrons. The molecular weight excluding hydrogens is 314 g/mol. The number of hydrogen-bond donors (Lipinski definition) is 1. The van der Waals surface area contributed by atoms with E-state index in [0.717, 1.165) is 30.6 Å². The number of nitrogens with zero attached hydrogens (tertiary/aromatic N) is 2. The van der Waals surface area contributed by atoms with Crippen molar-refractivity contribution < 1.29 is 9.59 Å². The molecule has 2 aliphatic heterocycles. The number of hydrogen-bond acceptors (Lipinski definition) is 2. The molecule has 0 bridgehead atoms. The molecule has 2 amide bonds. The Hall–Kier alpha value is -2.56. The van der Waals surface area contributed by atoms with E-state index in [9.17, 15) is 9.59 Å². The van der Waals surface area contributed by atoms with Gasteiger partial charge >= 0.3 is 0 Å². The van der Waals surface area contributed by atoms with Gasteiger partial charge in [0.2, 0.25) is 11.8 Å². The molecule has 5 nitrogen and oxygen atoms in total. The minimum absolute atomic E-state index is 0.0813. The highest BCUT2D eigenvalue weighted by Crippen LogP contribution is 2.34. The summed E-state index contributed by atoms with van der Waals surface area (Å²) in [6.07, 6.45) is 4.24. The van der Waals surface area contributed by atoms with Gasteiger partial charge in [0.25, 0.3) is 0 Å². The number of aromatic amines is 1. The zero-order chi connectivity index (χ0) is 17.2. The standard InChI is InChI=1S/C20H23N3O2/c24-19-12-16(14-22(19)13-15-6-2-1-3-7-15)20(25)23-11-5-9-18(23)17-8-4-10-21-17/h1-4,6-8,10,16,18,21H,5,9,11-14H2/t16-,18-/m1/s1. The minimum atomic E-state index is -0.216. The summed E-state index contributed by atoms with van der Waals surface area (Å²) in [7, 11) is 0. The van der Waals surface area contributed by atoms with Gasteiger partial charge in [-0.25, -0.2) is 0 Å². The smallest absolute Gasteiger partial charge is 0.228 e. The van der Waals surface area contributed by atoms with Gasteiger partial charge in [-0.2, -0.15) is 0 Å². The fraction of sp³-hybridized carbons (Fsp3) is 0.400. The average Bonchev–Trinajstić information content (AvgIpc) is 3.36. The van der Waals surface area contributed by atoms with Crippen molar-refractivity contribution in [3.05, 3.63) is 59.9 Å². The molecule has 0 unspecified atom stereocenters. The first-order valence-corrected chi connectivity index (χ1v) is 8.98. The van der Waals surface area contributed by atoms with Crippen molar-refractivity contribution in [1.82, 2.24) is 14.8 Å². The van der Waals surface area contributed by atoms with E-state index < -0.39 is 0 Å². The number of H-pyrrole nitrogens is 1. The van der Waals surface area contributed by atoms with E-state index in [0.29, 0.717) is 19.5 Å². The van der Waals surface area contributed by atoms with E-state index in [4.69, 9.17) is 0 Å². The summed E-state index contributed by atoms with van der Waals surface area (Å²) in [5.41, 5.74) is 2.20. The Morgan fingerprint density at radius 1 is 1.16 bits per heavy atom. The lowest BCUT2D eigenvalue weighted by Gasteiger charge is -2.27. The zero-order valence-corrected chi connectivity index (χ0v) is 14.2. The minimum Gasteiger partial charge on any atom is -0.363 e. The van der Waals surface area contributed by atoms with Gasteiger partial charge in [0.15, 0.2) is 0 Å². The van der Waals surface area contributed by atoms with Crippen LogP contribution in [0.25, 0.3) is 0 Å². The summed E-state index contributed by atoms with van der Waals surface area (Å²) in [6.45, 7) is 1.90. The first-order chi connectivity index (χ1) is 12.2. The highest BCUT2D eigenvalue weighted by molar-refractivity contribution is 5.89. The van der Waals surface area contributed by atoms with Gasteiger partial charge < -0.3 is 14.8 Å². The summed E-state index contributed by atoms with van der Waals surface area (Å²) in [5.74, 6) is -0.00869. The molecule has 0 aliphatic carbocycles. The van der Waals surface area contributed by atoms with E-state index in [1.807, 2.05) is 58.5 Å². The van der Waals surface area contributed by atoms with Crippen LogP contribution in [0.1, 0.15) is 36.6 Å². The third-order valence-electron chi connectivity index (χ3n) is 5.30. The maximum absolute atomic E-state index is 13.0. The van der Waals surface area contributed by atoms with E-state index in [2.05, 4.69) is 4.98 Å². The lowest BCUT2D eigenvalue weighted by Crippen LogP contribution is -2.37. The summed E-state index contributed by atoms with van der Waals surface area (Å²) < 4.78 is 0. The predicted octanol–water partition coefficient (Wildman–Crippen LogP) is 2.73. The van der Waals surface area contributed by atoms with E-state index >= 15 is 0 Å². The Balaban J connectivity index is 1.43. The highest BCUT2D eigenvalue weighted by atomic mass is 16.2. The fourth-order valence-corrected chi connectivity index (χ4v) is 4.03. The zero-order valence-electron chi connectivity index (χ0n) is 14.2. The third kappa shape index (κ3) is 3.18. The maximum Gasteiger partial charge on any atom is 0.228 e. The van der Waals surface area contributed by atoms with Crippen LogP contribution in [0.5, 0.6) is 0 Å². The van der Waals surface area contributed by atoms with E-state index in [-0.39, 0.29) is 23.8 Å². The van der Waals surface area contributed by atoms with Crippen molar-refractivity contribution >= 4 is 11.8 Å². The highest BCUT2D eigenvalue weighted by Gasteiger charge is 2.40. The first kappa shape index (κ1) is 15.9. The Morgan fingerprint density at radius 2 is 2.00 bits per heavy atom. The molecule has 2 saturated heterocycles. The summed E-state index contributed by atoms with van der Waals surface area (Å²) in [4.78, 5) is 32.4. The maximum atomic E-state index is 13.0. The monoisotopic (exact) mass is 337 g/mol.